The van der Waals surface area contributed by atoms with E-state index in [-0.39, 0.29) is 36.0 Å². The van der Waals surface area contributed by atoms with Crippen molar-refractivity contribution in [1.82, 2.24) is 10.2 Å². The Morgan fingerprint density at radius 2 is 2.12 bits per heavy atom. The molecular formula is C11H17N3O3. The topological polar surface area (TPSA) is 92.5 Å². The van der Waals surface area contributed by atoms with Crippen LogP contribution in [0.3, 0.4) is 0 Å². The van der Waals surface area contributed by atoms with Crippen LogP contribution in [0, 0.1) is 11.8 Å². The molecule has 2 atom stereocenters. The van der Waals surface area contributed by atoms with Crippen molar-refractivity contribution in [3.05, 3.63) is 0 Å². The summed E-state index contributed by atoms with van der Waals surface area (Å²) in [6, 6.07) is 0. The molecule has 0 aromatic carbocycles. The number of hydrogen-bond donors (Lipinski definition) is 2. The van der Waals surface area contributed by atoms with Gasteiger partial charge in [0.2, 0.25) is 17.7 Å². The molecule has 0 spiro atoms. The van der Waals surface area contributed by atoms with Gasteiger partial charge in [-0.1, -0.05) is 0 Å². The predicted octanol–water partition coefficient (Wildman–Crippen LogP) is -1.15. The summed E-state index contributed by atoms with van der Waals surface area (Å²) in [7, 11) is 0. The van der Waals surface area contributed by atoms with Crippen molar-refractivity contribution in [2.45, 2.75) is 19.3 Å². The zero-order chi connectivity index (χ0) is 12.4. The van der Waals surface area contributed by atoms with E-state index in [0.29, 0.717) is 19.6 Å². The molecule has 2 aliphatic heterocycles. The molecule has 0 radical (unpaired) electrons. The van der Waals surface area contributed by atoms with Crippen molar-refractivity contribution >= 4 is 17.7 Å². The van der Waals surface area contributed by atoms with Crippen LogP contribution >= 0.6 is 0 Å². The maximum Gasteiger partial charge on any atom is 0.228 e. The number of piperidine rings is 1. The van der Waals surface area contributed by atoms with E-state index in [2.05, 4.69) is 5.32 Å². The molecule has 0 bridgehead atoms. The Hall–Kier alpha value is -1.59. The summed E-state index contributed by atoms with van der Waals surface area (Å²) in [6.07, 6.45) is 1.81. The Kier molecular flexibility index (Phi) is 3.31. The summed E-state index contributed by atoms with van der Waals surface area (Å²) in [5, 5.41) is 2.65. The second-order valence-electron chi connectivity index (χ2n) is 4.73. The van der Waals surface area contributed by atoms with Crippen LogP contribution in [0.25, 0.3) is 0 Å². The second kappa shape index (κ2) is 4.73. The molecule has 3 N–H and O–H groups in total. The van der Waals surface area contributed by atoms with Gasteiger partial charge in [0.15, 0.2) is 0 Å². The molecule has 94 valence electrons. The van der Waals surface area contributed by atoms with E-state index in [1.807, 2.05) is 0 Å². The summed E-state index contributed by atoms with van der Waals surface area (Å²) in [6.45, 7) is 1.47. The van der Waals surface area contributed by atoms with Gasteiger partial charge >= 0.3 is 0 Å². The lowest BCUT2D eigenvalue weighted by Crippen LogP contribution is -2.46. The van der Waals surface area contributed by atoms with Gasteiger partial charge in [-0.3, -0.25) is 14.4 Å². The van der Waals surface area contributed by atoms with E-state index in [4.69, 9.17) is 5.73 Å². The van der Waals surface area contributed by atoms with Crippen molar-refractivity contribution in [2.75, 3.05) is 19.6 Å². The molecule has 2 unspecified atom stereocenters. The third-order valence-corrected chi connectivity index (χ3v) is 3.46. The first kappa shape index (κ1) is 11.9. The number of carbonyl (C=O) groups is 3. The molecule has 2 saturated heterocycles. The number of rotatable bonds is 2. The average molecular weight is 239 g/mol. The summed E-state index contributed by atoms with van der Waals surface area (Å²) < 4.78 is 0. The summed E-state index contributed by atoms with van der Waals surface area (Å²) in [5.74, 6) is -0.962. The number of nitrogens with zero attached hydrogens (tertiary/aromatic N) is 1. The number of nitrogens with one attached hydrogen (secondary N) is 1. The second-order valence-corrected chi connectivity index (χ2v) is 4.73. The zero-order valence-corrected chi connectivity index (χ0v) is 9.65. The van der Waals surface area contributed by atoms with Crippen molar-refractivity contribution < 1.29 is 14.4 Å². The summed E-state index contributed by atoms with van der Waals surface area (Å²) in [5.41, 5.74) is 5.26. The van der Waals surface area contributed by atoms with Gasteiger partial charge in [0.05, 0.1) is 11.8 Å². The molecule has 0 saturated carbocycles. The highest BCUT2D eigenvalue weighted by atomic mass is 16.2. The molecular weight excluding hydrogens is 222 g/mol. The highest BCUT2D eigenvalue weighted by Crippen LogP contribution is 2.20. The Bertz CT molecular complexity index is 356. The van der Waals surface area contributed by atoms with Crippen LogP contribution in [0.15, 0.2) is 0 Å². The van der Waals surface area contributed by atoms with Gasteiger partial charge in [0, 0.05) is 26.1 Å². The van der Waals surface area contributed by atoms with Gasteiger partial charge < -0.3 is 16.0 Å². The molecule has 6 heteroatoms. The molecule has 2 aliphatic rings. The minimum Gasteiger partial charge on any atom is -0.369 e. The van der Waals surface area contributed by atoms with E-state index in [0.717, 1.165) is 12.8 Å². The fourth-order valence-electron chi connectivity index (χ4n) is 2.45. The number of nitrogens with two attached hydrogens (primary N) is 1. The summed E-state index contributed by atoms with van der Waals surface area (Å²) >= 11 is 0. The highest BCUT2D eigenvalue weighted by Gasteiger charge is 2.34. The first-order valence-electron chi connectivity index (χ1n) is 5.92. The van der Waals surface area contributed by atoms with Gasteiger partial charge in [-0.2, -0.15) is 0 Å². The lowest BCUT2D eigenvalue weighted by Gasteiger charge is -2.32. The lowest BCUT2D eigenvalue weighted by atomic mass is 9.96. The van der Waals surface area contributed by atoms with Gasteiger partial charge in [-0.15, -0.1) is 0 Å². The molecule has 0 aromatic heterocycles. The Morgan fingerprint density at radius 3 is 2.71 bits per heavy atom. The van der Waals surface area contributed by atoms with Crippen LogP contribution < -0.4 is 11.1 Å². The smallest absolute Gasteiger partial charge is 0.228 e. The summed E-state index contributed by atoms with van der Waals surface area (Å²) in [4.78, 5) is 35.9. The molecule has 3 amide bonds. The number of primary amides is 1. The van der Waals surface area contributed by atoms with E-state index in [1.54, 1.807) is 4.90 Å². The third kappa shape index (κ3) is 2.57. The molecule has 2 fully saturated rings. The van der Waals surface area contributed by atoms with E-state index in [9.17, 15) is 14.4 Å². The maximum absolute atomic E-state index is 12.1. The van der Waals surface area contributed by atoms with E-state index >= 15 is 0 Å². The van der Waals surface area contributed by atoms with Crippen molar-refractivity contribution in [1.29, 1.82) is 0 Å². The molecule has 0 aliphatic carbocycles. The van der Waals surface area contributed by atoms with Crippen LogP contribution in [-0.2, 0) is 14.4 Å². The van der Waals surface area contributed by atoms with Crippen LogP contribution in [-0.4, -0.2) is 42.3 Å². The van der Waals surface area contributed by atoms with Gasteiger partial charge in [-0.05, 0) is 12.8 Å². The fraction of sp³-hybridized carbons (Fsp3) is 0.727. The van der Waals surface area contributed by atoms with E-state index < -0.39 is 0 Å². The molecule has 2 rings (SSSR count). The number of carbonyl (C=O) groups excluding carboxylic acids is 3. The van der Waals surface area contributed by atoms with Crippen LogP contribution in [0.2, 0.25) is 0 Å². The van der Waals surface area contributed by atoms with Gasteiger partial charge in [0.1, 0.15) is 0 Å². The van der Waals surface area contributed by atoms with Crippen LogP contribution in [0.1, 0.15) is 19.3 Å². The fourth-order valence-corrected chi connectivity index (χ4v) is 2.45. The number of likely N-dealkylation sites (tertiary alicyclic amines) is 1. The standard InChI is InChI=1S/C11H17N3O3/c12-10(16)7-2-1-3-14(6-7)11(17)8-4-9(15)13-5-8/h7-8H,1-6H2,(H2,12,16)(H,13,15). The van der Waals surface area contributed by atoms with Crippen LogP contribution in [0.4, 0.5) is 0 Å². The van der Waals surface area contributed by atoms with Crippen molar-refractivity contribution in [3.63, 3.8) is 0 Å². The van der Waals surface area contributed by atoms with Crippen molar-refractivity contribution in [2.24, 2.45) is 17.6 Å². The minimum atomic E-state index is -0.344. The molecule has 17 heavy (non-hydrogen) atoms. The van der Waals surface area contributed by atoms with E-state index in [1.165, 1.54) is 0 Å². The minimum absolute atomic E-state index is 0.0331. The SMILES string of the molecule is NC(=O)C1CCCN(C(=O)C2CNC(=O)C2)C1. The van der Waals surface area contributed by atoms with Crippen molar-refractivity contribution in [3.8, 4) is 0 Å². The van der Waals surface area contributed by atoms with Gasteiger partial charge in [-0.25, -0.2) is 0 Å². The highest BCUT2D eigenvalue weighted by molar-refractivity contribution is 5.89. The lowest BCUT2D eigenvalue weighted by molar-refractivity contribution is -0.139. The predicted molar refractivity (Wildman–Crippen MR) is 59.6 cm³/mol. The Balaban J connectivity index is 1.95. The van der Waals surface area contributed by atoms with Gasteiger partial charge in [0.25, 0.3) is 0 Å². The quantitative estimate of drug-likeness (QED) is 0.637. The largest absolute Gasteiger partial charge is 0.369 e. The Morgan fingerprint density at radius 1 is 1.35 bits per heavy atom. The Labute approximate surface area is 99.5 Å². The molecule has 0 aromatic rings. The normalized spacial score (nSPS) is 28.9. The van der Waals surface area contributed by atoms with Crippen LogP contribution in [0.5, 0.6) is 0 Å². The molecule has 2 heterocycles. The average Bonchev–Trinajstić information content (AvgIpc) is 2.75. The molecule has 6 nitrogen and oxygen atoms in total. The number of amides is 3. The zero-order valence-electron chi connectivity index (χ0n) is 9.65. The first-order chi connectivity index (χ1) is 8.08. The third-order valence-electron chi connectivity index (χ3n) is 3.46. The maximum atomic E-state index is 12.1. The number of hydrogen-bond acceptors (Lipinski definition) is 3. The monoisotopic (exact) mass is 239 g/mol. The first-order valence-corrected chi connectivity index (χ1v) is 5.92.